The molecule has 0 bridgehead atoms. The number of anilines is 1. The molecule has 37 heavy (non-hydrogen) atoms. The third-order valence-electron chi connectivity index (χ3n) is 5.60. The van der Waals surface area contributed by atoms with Crippen molar-refractivity contribution in [1.29, 1.82) is 0 Å². The van der Waals surface area contributed by atoms with Crippen molar-refractivity contribution in [2.45, 2.75) is 26.3 Å². The number of ketones is 1. The van der Waals surface area contributed by atoms with Crippen LogP contribution < -0.4 is 14.4 Å². The second-order valence-corrected chi connectivity index (χ2v) is 8.85. The molecule has 0 aromatic heterocycles. The lowest BCUT2D eigenvalue weighted by atomic mass is 9.95. The maximum atomic E-state index is 13.2. The molecule has 192 valence electrons. The quantitative estimate of drug-likeness (QED) is 0.231. The lowest BCUT2D eigenvalue weighted by molar-refractivity contribution is -0.274. The van der Waals surface area contributed by atoms with Gasteiger partial charge in [0, 0.05) is 11.3 Å². The lowest BCUT2D eigenvalue weighted by Crippen LogP contribution is -2.29. The van der Waals surface area contributed by atoms with Crippen LogP contribution in [0.3, 0.4) is 0 Å². The number of hydrogen-bond acceptors (Lipinski definition) is 5. The van der Waals surface area contributed by atoms with Crippen LogP contribution in [0.2, 0.25) is 0 Å². The number of alkyl halides is 3. The van der Waals surface area contributed by atoms with Gasteiger partial charge >= 0.3 is 6.36 Å². The van der Waals surface area contributed by atoms with E-state index in [0.29, 0.717) is 17.9 Å². The van der Waals surface area contributed by atoms with Crippen molar-refractivity contribution in [2.24, 2.45) is 5.92 Å². The highest BCUT2D eigenvalue weighted by Gasteiger charge is 2.47. The lowest BCUT2D eigenvalue weighted by Gasteiger charge is -2.25. The van der Waals surface area contributed by atoms with E-state index in [1.807, 2.05) is 13.8 Å². The van der Waals surface area contributed by atoms with Gasteiger partial charge in [-0.25, -0.2) is 0 Å². The van der Waals surface area contributed by atoms with Gasteiger partial charge in [-0.15, -0.1) is 13.2 Å². The molecule has 0 aliphatic carbocycles. The molecule has 9 heteroatoms. The fourth-order valence-corrected chi connectivity index (χ4v) is 4.01. The topological polar surface area (TPSA) is 76.1 Å². The fourth-order valence-electron chi connectivity index (χ4n) is 4.01. The van der Waals surface area contributed by atoms with E-state index in [1.54, 1.807) is 54.6 Å². The van der Waals surface area contributed by atoms with Crippen LogP contribution in [0.15, 0.2) is 84.4 Å². The van der Waals surface area contributed by atoms with Crippen LogP contribution in [0.25, 0.3) is 5.76 Å². The molecule has 1 aliphatic heterocycles. The minimum atomic E-state index is -4.87. The summed E-state index contributed by atoms with van der Waals surface area (Å²) in [6, 6.07) is 18.7. The van der Waals surface area contributed by atoms with Crippen molar-refractivity contribution >= 4 is 23.1 Å². The Kier molecular flexibility index (Phi) is 7.24. The second kappa shape index (κ2) is 10.4. The van der Waals surface area contributed by atoms with Crippen molar-refractivity contribution in [2.75, 3.05) is 11.5 Å². The Bertz CT molecular complexity index is 1320. The van der Waals surface area contributed by atoms with Gasteiger partial charge in [-0.1, -0.05) is 56.3 Å². The highest BCUT2D eigenvalue weighted by molar-refractivity contribution is 6.51. The number of hydrogen-bond donors (Lipinski definition) is 1. The van der Waals surface area contributed by atoms with Crippen molar-refractivity contribution in [3.05, 3.63) is 95.6 Å². The molecule has 1 aliphatic rings. The summed E-state index contributed by atoms with van der Waals surface area (Å²) >= 11 is 0. The maximum absolute atomic E-state index is 13.2. The summed E-state index contributed by atoms with van der Waals surface area (Å²) in [5, 5.41) is 11.3. The minimum absolute atomic E-state index is 0.146. The average molecular weight is 511 g/mol. The van der Waals surface area contributed by atoms with Crippen LogP contribution >= 0.6 is 0 Å². The van der Waals surface area contributed by atoms with E-state index in [1.165, 1.54) is 12.1 Å². The number of amides is 1. The number of aliphatic hydroxyl groups is 1. The van der Waals surface area contributed by atoms with Gasteiger partial charge < -0.3 is 14.6 Å². The molecule has 1 fully saturated rings. The zero-order valence-corrected chi connectivity index (χ0v) is 20.0. The number of carbonyl (C=O) groups is 2. The second-order valence-electron chi connectivity index (χ2n) is 8.85. The summed E-state index contributed by atoms with van der Waals surface area (Å²) < 4.78 is 47.4. The molecule has 3 aromatic rings. The van der Waals surface area contributed by atoms with Crippen molar-refractivity contribution < 1.29 is 37.3 Å². The largest absolute Gasteiger partial charge is 0.573 e. The van der Waals surface area contributed by atoms with Gasteiger partial charge in [0.25, 0.3) is 11.7 Å². The molecule has 1 N–H and O–H groups in total. The van der Waals surface area contributed by atoms with Gasteiger partial charge in [0.05, 0.1) is 18.2 Å². The van der Waals surface area contributed by atoms with Crippen LogP contribution in [0.5, 0.6) is 11.5 Å². The summed E-state index contributed by atoms with van der Waals surface area (Å²) in [5.74, 6) is -1.94. The summed E-state index contributed by atoms with van der Waals surface area (Å²) in [6.07, 6.45) is -4.87. The molecule has 6 nitrogen and oxygen atoms in total. The highest BCUT2D eigenvalue weighted by Crippen LogP contribution is 2.42. The van der Waals surface area contributed by atoms with Crippen LogP contribution in [0.1, 0.15) is 31.0 Å². The summed E-state index contributed by atoms with van der Waals surface area (Å²) in [6.45, 7) is 4.44. The first-order valence-corrected chi connectivity index (χ1v) is 11.5. The van der Waals surface area contributed by atoms with E-state index in [9.17, 15) is 27.9 Å². The number of Topliss-reactive ketones (excluding diaryl/α,β-unsaturated/α-hetero) is 1. The highest BCUT2D eigenvalue weighted by atomic mass is 19.4. The van der Waals surface area contributed by atoms with E-state index in [2.05, 4.69) is 4.74 Å². The van der Waals surface area contributed by atoms with Crippen LogP contribution in [-0.2, 0) is 9.59 Å². The third kappa shape index (κ3) is 5.77. The van der Waals surface area contributed by atoms with Crippen molar-refractivity contribution in [3.63, 3.8) is 0 Å². The van der Waals surface area contributed by atoms with E-state index < -0.39 is 29.8 Å². The zero-order chi connectivity index (χ0) is 26.7. The number of benzene rings is 3. The number of halogens is 3. The minimum Gasteiger partial charge on any atom is -0.507 e. The molecule has 1 saturated heterocycles. The van der Waals surface area contributed by atoms with Gasteiger partial charge in [-0.05, 0) is 47.9 Å². The van der Waals surface area contributed by atoms with Gasteiger partial charge in [0.1, 0.15) is 17.3 Å². The van der Waals surface area contributed by atoms with E-state index in [4.69, 9.17) is 4.74 Å². The Morgan fingerprint density at radius 1 is 0.946 bits per heavy atom. The smallest absolute Gasteiger partial charge is 0.507 e. The molecule has 3 aromatic carbocycles. The third-order valence-corrected chi connectivity index (χ3v) is 5.60. The SMILES string of the molecule is CC(C)COc1cccc(/C(O)=C2/C(=O)C(=O)N(c3ccc(OC(F)(F)F)cc3)C2c2ccccc2)c1. The molecule has 1 heterocycles. The van der Waals surface area contributed by atoms with E-state index in [-0.39, 0.29) is 28.5 Å². The van der Waals surface area contributed by atoms with Crippen LogP contribution in [0.4, 0.5) is 18.9 Å². The van der Waals surface area contributed by atoms with Gasteiger partial charge in [-0.3, -0.25) is 14.5 Å². The van der Waals surface area contributed by atoms with Crippen molar-refractivity contribution in [1.82, 2.24) is 0 Å². The summed E-state index contributed by atoms with van der Waals surface area (Å²) in [4.78, 5) is 27.6. The molecule has 0 spiro atoms. The molecule has 0 saturated carbocycles. The number of ether oxygens (including phenoxy) is 2. The summed E-state index contributed by atoms with van der Waals surface area (Å²) in [7, 11) is 0. The summed E-state index contributed by atoms with van der Waals surface area (Å²) in [5.41, 5.74) is 0.839. The number of aliphatic hydroxyl groups excluding tert-OH is 1. The Labute approximate surface area is 211 Å². The Balaban J connectivity index is 1.79. The Hall–Kier alpha value is -4.27. The molecule has 0 radical (unpaired) electrons. The first-order chi connectivity index (χ1) is 17.5. The Morgan fingerprint density at radius 3 is 2.24 bits per heavy atom. The number of rotatable bonds is 7. The van der Waals surface area contributed by atoms with E-state index >= 15 is 0 Å². The monoisotopic (exact) mass is 511 g/mol. The normalized spacial score (nSPS) is 17.4. The van der Waals surface area contributed by atoms with Crippen LogP contribution in [0, 0.1) is 5.92 Å². The zero-order valence-electron chi connectivity index (χ0n) is 20.0. The maximum Gasteiger partial charge on any atom is 0.573 e. The number of nitrogens with zero attached hydrogens (tertiary/aromatic N) is 1. The first-order valence-electron chi connectivity index (χ1n) is 11.5. The Morgan fingerprint density at radius 2 is 1.62 bits per heavy atom. The van der Waals surface area contributed by atoms with Gasteiger partial charge in [0.15, 0.2) is 0 Å². The van der Waals surface area contributed by atoms with Crippen molar-refractivity contribution in [3.8, 4) is 11.5 Å². The average Bonchev–Trinajstić information content (AvgIpc) is 3.13. The predicted octanol–water partition coefficient (Wildman–Crippen LogP) is 6.25. The standard InChI is InChI=1S/C28H24F3NO5/c1-17(2)16-36-22-10-6-9-19(15-22)25(33)23-24(18-7-4-3-5-8-18)32(27(35)26(23)34)20-11-13-21(14-12-20)37-28(29,30)31/h3-15,17,24,33H,16H2,1-2H3/b25-23-. The van der Waals surface area contributed by atoms with Gasteiger partial charge in [0.2, 0.25) is 0 Å². The molecule has 1 atom stereocenters. The molecule has 4 rings (SSSR count). The molecular weight excluding hydrogens is 487 g/mol. The molecular formula is C28H24F3NO5. The number of carbonyl (C=O) groups excluding carboxylic acids is 2. The van der Waals surface area contributed by atoms with Gasteiger partial charge in [-0.2, -0.15) is 0 Å². The van der Waals surface area contributed by atoms with Crippen LogP contribution in [-0.4, -0.2) is 29.8 Å². The van der Waals surface area contributed by atoms with E-state index in [0.717, 1.165) is 17.0 Å². The molecule has 1 unspecified atom stereocenters. The first kappa shape index (κ1) is 25.8. The predicted molar refractivity (Wildman–Crippen MR) is 131 cm³/mol. The molecule has 1 amide bonds. The fraction of sp³-hybridized carbons (Fsp3) is 0.214.